The number of benzene rings is 1. The third kappa shape index (κ3) is 3.19. The first-order chi connectivity index (χ1) is 12.4. The van der Waals surface area contributed by atoms with E-state index in [0.29, 0.717) is 29.2 Å². The van der Waals surface area contributed by atoms with Crippen LogP contribution in [0.1, 0.15) is 36.4 Å². The molecule has 1 aliphatic rings. The van der Waals surface area contributed by atoms with Crippen LogP contribution in [0.4, 0.5) is 11.5 Å². The lowest BCUT2D eigenvalue weighted by molar-refractivity contribution is 0.0905. The second kappa shape index (κ2) is 6.40. The van der Waals surface area contributed by atoms with Crippen LogP contribution in [0, 0.1) is 5.41 Å². The van der Waals surface area contributed by atoms with Crippen LogP contribution >= 0.6 is 15.9 Å². The number of anilines is 2. The highest BCUT2D eigenvalue weighted by atomic mass is 79.9. The number of halogens is 1. The maximum absolute atomic E-state index is 12.9. The van der Waals surface area contributed by atoms with Crippen molar-refractivity contribution >= 4 is 33.2 Å². The number of carbonyl (C=O) groups excluding carboxylic acids is 1. The van der Waals surface area contributed by atoms with E-state index >= 15 is 0 Å². The number of carbonyl (C=O) groups is 1. The van der Waals surface area contributed by atoms with E-state index in [0.717, 1.165) is 22.2 Å². The smallest absolute Gasteiger partial charge is 0.169 e. The molecule has 4 rings (SSSR count). The number of pyridine rings is 1. The molecule has 2 aromatic heterocycles. The zero-order valence-electron chi connectivity index (χ0n) is 14.7. The Bertz CT molecular complexity index is 960. The van der Waals surface area contributed by atoms with Gasteiger partial charge in [0, 0.05) is 29.1 Å². The first-order valence-electron chi connectivity index (χ1n) is 8.56. The summed E-state index contributed by atoms with van der Waals surface area (Å²) >= 11 is 3.39. The highest BCUT2D eigenvalue weighted by molar-refractivity contribution is 9.10. The number of hydrogen-bond acceptors (Lipinski definition) is 4. The number of hydrogen-bond donors (Lipinski definition) is 1. The molecule has 1 aromatic carbocycles. The number of fused-ring (bicyclic) bond motifs is 1. The summed E-state index contributed by atoms with van der Waals surface area (Å²) in [5.74, 6) is 2.23. The summed E-state index contributed by atoms with van der Waals surface area (Å²) in [4.78, 5) is 17.3. The predicted molar refractivity (Wildman–Crippen MR) is 106 cm³/mol. The van der Waals surface area contributed by atoms with Crippen LogP contribution in [0.2, 0.25) is 0 Å². The lowest BCUT2D eigenvalue weighted by Gasteiger charge is -2.27. The monoisotopic (exact) mass is 410 g/mol. The van der Waals surface area contributed by atoms with Crippen molar-refractivity contribution in [2.24, 2.45) is 5.41 Å². The molecule has 0 saturated heterocycles. The standard InChI is InChI=1S/C21H19BrN2O2/c1-21(2)10-15(25)18-16(11-21)26-20(13-6-4-3-5-7-13)19(18)24-17-9-8-14(22)12-23-17/h3-9,12H,10-11H2,1-2H3,(H,23,24). The molecule has 0 aliphatic heterocycles. The topological polar surface area (TPSA) is 55.1 Å². The number of nitrogens with one attached hydrogen (secondary N) is 1. The number of rotatable bonds is 3. The van der Waals surface area contributed by atoms with Gasteiger partial charge in [-0.3, -0.25) is 4.79 Å². The van der Waals surface area contributed by atoms with E-state index < -0.39 is 0 Å². The third-order valence-corrected chi connectivity index (χ3v) is 5.02. The molecule has 0 spiro atoms. The molecule has 2 heterocycles. The van der Waals surface area contributed by atoms with Gasteiger partial charge in [-0.05, 0) is 33.5 Å². The summed E-state index contributed by atoms with van der Waals surface area (Å²) in [7, 11) is 0. The van der Waals surface area contributed by atoms with Crippen molar-refractivity contribution in [3.05, 3.63) is 64.5 Å². The number of furan rings is 1. The third-order valence-electron chi connectivity index (χ3n) is 4.55. The average molecular weight is 411 g/mol. The van der Waals surface area contributed by atoms with Gasteiger partial charge >= 0.3 is 0 Å². The highest BCUT2D eigenvalue weighted by Gasteiger charge is 2.37. The van der Waals surface area contributed by atoms with E-state index in [2.05, 4.69) is 40.1 Å². The SMILES string of the molecule is CC1(C)CC(=O)c2c(oc(-c3ccccc3)c2Nc2ccc(Br)cn2)C1. The summed E-state index contributed by atoms with van der Waals surface area (Å²) in [6.45, 7) is 4.20. The van der Waals surface area contributed by atoms with Crippen molar-refractivity contribution < 1.29 is 9.21 Å². The van der Waals surface area contributed by atoms with Crippen molar-refractivity contribution in [1.29, 1.82) is 0 Å². The van der Waals surface area contributed by atoms with Gasteiger partial charge in [-0.2, -0.15) is 0 Å². The van der Waals surface area contributed by atoms with Crippen LogP contribution in [0.3, 0.4) is 0 Å². The fourth-order valence-corrected chi connectivity index (χ4v) is 3.64. The van der Waals surface area contributed by atoms with Crippen molar-refractivity contribution in [1.82, 2.24) is 4.98 Å². The molecule has 5 heteroatoms. The molecule has 0 bridgehead atoms. The first kappa shape index (κ1) is 17.0. The zero-order chi connectivity index (χ0) is 18.3. The summed E-state index contributed by atoms with van der Waals surface area (Å²) in [6, 6.07) is 13.6. The van der Waals surface area contributed by atoms with Gasteiger partial charge in [-0.25, -0.2) is 4.98 Å². The first-order valence-corrected chi connectivity index (χ1v) is 9.35. The minimum Gasteiger partial charge on any atom is -0.458 e. The van der Waals surface area contributed by atoms with Gasteiger partial charge in [0.15, 0.2) is 11.5 Å². The maximum Gasteiger partial charge on any atom is 0.169 e. The van der Waals surface area contributed by atoms with Crippen molar-refractivity contribution in [2.45, 2.75) is 26.7 Å². The van der Waals surface area contributed by atoms with Crippen molar-refractivity contribution in [3.8, 4) is 11.3 Å². The maximum atomic E-state index is 12.9. The van der Waals surface area contributed by atoms with E-state index in [1.807, 2.05) is 42.5 Å². The summed E-state index contributed by atoms with van der Waals surface area (Å²) in [5.41, 5.74) is 2.21. The Morgan fingerprint density at radius 2 is 1.88 bits per heavy atom. The van der Waals surface area contributed by atoms with Gasteiger partial charge in [0.2, 0.25) is 0 Å². The van der Waals surface area contributed by atoms with E-state index in [9.17, 15) is 4.79 Å². The van der Waals surface area contributed by atoms with Gasteiger partial charge < -0.3 is 9.73 Å². The fraction of sp³-hybridized carbons (Fsp3) is 0.238. The number of aromatic nitrogens is 1. The van der Waals surface area contributed by atoms with Gasteiger partial charge in [-0.1, -0.05) is 44.2 Å². The Hall–Kier alpha value is -2.40. The molecule has 0 unspecified atom stereocenters. The van der Waals surface area contributed by atoms with Crippen molar-refractivity contribution in [2.75, 3.05) is 5.32 Å². The molecule has 0 fully saturated rings. The molecule has 4 nitrogen and oxygen atoms in total. The molecule has 3 aromatic rings. The number of Topliss-reactive ketones (excluding diaryl/α,β-unsaturated/α-hetero) is 1. The van der Waals surface area contributed by atoms with Crippen LogP contribution in [-0.2, 0) is 6.42 Å². The Labute approximate surface area is 160 Å². The predicted octanol–water partition coefficient (Wildman–Crippen LogP) is 6.00. The number of nitrogens with zero attached hydrogens (tertiary/aromatic N) is 1. The van der Waals surface area contributed by atoms with Crippen LogP contribution in [0.15, 0.2) is 57.6 Å². The average Bonchev–Trinajstić information content (AvgIpc) is 2.95. The van der Waals surface area contributed by atoms with Crippen LogP contribution < -0.4 is 5.32 Å². The minimum absolute atomic E-state index is 0.0942. The molecule has 0 radical (unpaired) electrons. The van der Waals surface area contributed by atoms with Crippen LogP contribution in [0.25, 0.3) is 11.3 Å². The molecule has 26 heavy (non-hydrogen) atoms. The lowest BCUT2D eigenvalue weighted by Crippen LogP contribution is -2.26. The van der Waals surface area contributed by atoms with Gasteiger partial charge in [0.25, 0.3) is 0 Å². The normalized spacial score (nSPS) is 15.6. The fourth-order valence-electron chi connectivity index (χ4n) is 3.41. The van der Waals surface area contributed by atoms with E-state index in [-0.39, 0.29) is 11.2 Å². The lowest BCUT2D eigenvalue weighted by atomic mass is 9.76. The van der Waals surface area contributed by atoms with Crippen LogP contribution in [-0.4, -0.2) is 10.8 Å². The molecule has 1 aliphatic carbocycles. The van der Waals surface area contributed by atoms with E-state index in [1.54, 1.807) is 6.20 Å². The Morgan fingerprint density at radius 3 is 2.58 bits per heavy atom. The largest absolute Gasteiger partial charge is 0.458 e. The van der Waals surface area contributed by atoms with Crippen molar-refractivity contribution in [3.63, 3.8) is 0 Å². The zero-order valence-corrected chi connectivity index (χ0v) is 16.3. The van der Waals surface area contributed by atoms with Gasteiger partial charge in [0.1, 0.15) is 11.6 Å². The molecule has 0 saturated carbocycles. The number of ketones is 1. The van der Waals surface area contributed by atoms with E-state index in [1.165, 1.54) is 0 Å². The van der Waals surface area contributed by atoms with E-state index in [4.69, 9.17) is 4.42 Å². The highest BCUT2D eigenvalue weighted by Crippen LogP contribution is 2.45. The summed E-state index contributed by atoms with van der Waals surface area (Å²) in [5, 5.41) is 3.32. The Morgan fingerprint density at radius 1 is 1.12 bits per heavy atom. The molecular formula is C21H19BrN2O2. The second-order valence-corrected chi connectivity index (χ2v) is 8.31. The summed E-state index contributed by atoms with van der Waals surface area (Å²) in [6.07, 6.45) is 2.97. The Balaban J connectivity index is 1.86. The molecule has 0 atom stereocenters. The van der Waals surface area contributed by atoms with Gasteiger partial charge in [-0.15, -0.1) is 0 Å². The summed E-state index contributed by atoms with van der Waals surface area (Å²) < 4.78 is 7.11. The minimum atomic E-state index is -0.0942. The Kier molecular flexibility index (Phi) is 4.19. The molecule has 1 N–H and O–H groups in total. The van der Waals surface area contributed by atoms with Gasteiger partial charge in [0.05, 0.1) is 11.3 Å². The van der Waals surface area contributed by atoms with Crippen LogP contribution in [0.5, 0.6) is 0 Å². The quantitative estimate of drug-likeness (QED) is 0.574. The molecule has 132 valence electrons. The molecule has 0 amide bonds. The second-order valence-electron chi connectivity index (χ2n) is 7.40. The molecular weight excluding hydrogens is 392 g/mol.